The molecular weight excluding hydrogens is 340 g/mol. The monoisotopic (exact) mass is 370 g/mol. The molecule has 5 nitrogen and oxygen atoms in total. The number of piperidine rings is 2. The Kier molecular flexibility index (Phi) is 5.37. The summed E-state index contributed by atoms with van der Waals surface area (Å²) in [5.41, 5.74) is 0. The van der Waals surface area contributed by atoms with E-state index >= 15 is 0 Å². The lowest BCUT2D eigenvalue weighted by Gasteiger charge is -2.35. The smallest absolute Gasteiger partial charge is 0.246 e. The summed E-state index contributed by atoms with van der Waals surface area (Å²) in [6.45, 7) is 5.37. The number of furan rings is 1. The summed E-state index contributed by atoms with van der Waals surface area (Å²) >= 11 is 0. The maximum absolute atomic E-state index is 12.6. The molecule has 1 aromatic rings. The molecule has 2 saturated heterocycles. The van der Waals surface area contributed by atoms with E-state index in [1.807, 2.05) is 21.9 Å². The number of rotatable bonds is 4. The molecule has 0 N–H and O–H groups in total. The van der Waals surface area contributed by atoms with Gasteiger partial charge in [-0.3, -0.25) is 9.59 Å². The van der Waals surface area contributed by atoms with Gasteiger partial charge < -0.3 is 14.2 Å². The summed E-state index contributed by atoms with van der Waals surface area (Å²) in [7, 11) is 0. The van der Waals surface area contributed by atoms with Crippen LogP contribution in [0.2, 0.25) is 0 Å². The number of likely N-dealkylation sites (tertiary alicyclic amines) is 2. The first-order valence-corrected chi connectivity index (χ1v) is 10.5. The standard InChI is InChI=1S/C22H30N2O3/c1-16-15-19(16)20-7-5-18(27-20)6-8-21(25)23-13-9-17(10-14-23)22(26)24-11-3-2-4-12-24/h5-8,16-17,19H,2-4,9-15H2,1H3/b8-6+. The van der Waals surface area contributed by atoms with Crippen molar-refractivity contribution in [3.05, 3.63) is 29.7 Å². The van der Waals surface area contributed by atoms with Crippen LogP contribution in [0.5, 0.6) is 0 Å². The average molecular weight is 370 g/mol. The summed E-state index contributed by atoms with van der Waals surface area (Å²) in [6.07, 6.45) is 9.61. The van der Waals surface area contributed by atoms with E-state index in [-0.39, 0.29) is 11.8 Å². The first-order valence-electron chi connectivity index (χ1n) is 10.5. The van der Waals surface area contributed by atoms with Crippen molar-refractivity contribution in [1.82, 2.24) is 9.80 Å². The number of amides is 2. The summed E-state index contributed by atoms with van der Waals surface area (Å²) < 4.78 is 5.82. The minimum Gasteiger partial charge on any atom is -0.461 e. The quantitative estimate of drug-likeness (QED) is 0.760. The highest BCUT2D eigenvalue weighted by Gasteiger charge is 2.36. The Hall–Kier alpha value is -2.04. The molecule has 5 heteroatoms. The minimum atomic E-state index is 0.0108. The Labute approximate surface area is 161 Å². The minimum absolute atomic E-state index is 0.0108. The largest absolute Gasteiger partial charge is 0.461 e. The van der Waals surface area contributed by atoms with Crippen molar-refractivity contribution < 1.29 is 14.0 Å². The van der Waals surface area contributed by atoms with Crippen LogP contribution >= 0.6 is 0 Å². The number of carbonyl (C=O) groups is 2. The predicted molar refractivity (Wildman–Crippen MR) is 104 cm³/mol. The SMILES string of the molecule is CC1CC1c1ccc(/C=C/C(=O)N2CCC(C(=O)N3CCCCC3)CC2)o1. The zero-order valence-corrected chi connectivity index (χ0v) is 16.2. The van der Waals surface area contributed by atoms with Crippen LogP contribution < -0.4 is 0 Å². The van der Waals surface area contributed by atoms with Gasteiger partial charge in [0.15, 0.2) is 0 Å². The lowest BCUT2D eigenvalue weighted by atomic mass is 9.94. The average Bonchev–Trinajstić information content (AvgIpc) is 3.26. The number of hydrogen-bond donors (Lipinski definition) is 0. The molecule has 1 saturated carbocycles. The summed E-state index contributed by atoms with van der Waals surface area (Å²) in [4.78, 5) is 29.0. The Bertz CT molecular complexity index is 709. The van der Waals surface area contributed by atoms with E-state index in [0.717, 1.165) is 50.3 Å². The lowest BCUT2D eigenvalue weighted by Crippen LogP contribution is -2.45. The Morgan fingerprint density at radius 2 is 1.74 bits per heavy atom. The van der Waals surface area contributed by atoms with E-state index in [2.05, 4.69) is 6.92 Å². The van der Waals surface area contributed by atoms with Gasteiger partial charge in [-0.15, -0.1) is 0 Å². The maximum atomic E-state index is 12.6. The molecule has 0 radical (unpaired) electrons. The second kappa shape index (κ2) is 7.91. The summed E-state index contributed by atoms with van der Waals surface area (Å²) in [5.74, 6) is 3.44. The van der Waals surface area contributed by atoms with Crippen LogP contribution in [-0.2, 0) is 9.59 Å². The fourth-order valence-electron chi connectivity index (χ4n) is 4.35. The fraction of sp³-hybridized carbons (Fsp3) is 0.636. The highest BCUT2D eigenvalue weighted by atomic mass is 16.3. The second-order valence-electron chi connectivity index (χ2n) is 8.38. The molecule has 3 aliphatic rings. The topological polar surface area (TPSA) is 53.8 Å². The molecule has 3 heterocycles. The van der Waals surface area contributed by atoms with E-state index in [1.54, 1.807) is 12.2 Å². The number of nitrogens with zero attached hydrogens (tertiary/aromatic N) is 2. The molecule has 3 fully saturated rings. The maximum Gasteiger partial charge on any atom is 0.246 e. The van der Waals surface area contributed by atoms with Crippen LogP contribution in [-0.4, -0.2) is 47.8 Å². The van der Waals surface area contributed by atoms with Crippen LogP contribution in [0.4, 0.5) is 0 Å². The number of carbonyl (C=O) groups excluding carboxylic acids is 2. The van der Waals surface area contributed by atoms with E-state index in [4.69, 9.17) is 4.42 Å². The zero-order chi connectivity index (χ0) is 18.8. The first-order chi connectivity index (χ1) is 13.1. The Morgan fingerprint density at radius 3 is 2.41 bits per heavy atom. The van der Waals surface area contributed by atoms with E-state index < -0.39 is 0 Å². The molecule has 0 aromatic carbocycles. The molecule has 2 unspecified atom stereocenters. The van der Waals surface area contributed by atoms with Gasteiger partial charge in [0, 0.05) is 44.1 Å². The third-order valence-electron chi connectivity index (χ3n) is 6.34. The van der Waals surface area contributed by atoms with Crippen molar-refractivity contribution in [1.29, 1.82) is 0 Å². The van der Waals surface area contributed by atoms with Crippen LogP contribution in [0.3, 0.4) is 0 Å². The molecule has 0 spiro atoms. The third kappa shape index (κ3) is 4.28. The Morgan fingerprint density at radius 1 is 1.04 bits per heavy atom. The fourth-order valence-corrected chi connectivity index (χ4v) is 4.35. The van der Waals surface area contributed by atoms with E-state index in [9.17, 15) is 9.59 Å². The molecule has 146 valence electrons. The van der Waals surface area contributed by atoms with Gasteiger partial charge in [-0.05, 0) is 62.7 Å². The summed E-state index contributed by atoms with van der Waals surface area (Å²) in [6, 6.07) is 3.96. The van der Waals surface area contributed by atoms with Crippen LogP contribution in [0, 0.1) is 11.8 Å². The van der Waals surface area contributed by atoms with Crippen LogP contribution in [0.25, 0.3) is 6.08 Å². The van der Waals surface area contributed by atoms with Gasteiger partial charge >= 0.3 is 0 Å². The van der Waals surface area contributed by atoms with Crippen molar-refractivity contribution in [3.8, 4) is 0 Å². The predicted octanol–water partition coefficient (Wildman–Crippen LogP) is 3.67. The highest BCUT2D eigenvalue weighted by molar-refractivity contribution is 5.91. The summed E-state index contributed by atoms with van der Waals surface area (Å²) in [5, 5.41) is 0. The molecule has 0 bridgehead atoms. The van der Waals surface area contributed by atoms with Crippen molar-refractivity contribution in [3.63, 3.8) is 0 Å². The van der Waals surface area contributed by atoms with Gasteiger partial charge in [-0.2, -0.15) is 0 Å². The van der Waals surface area contributed by atoms with E-state index in [0.29, 0.717) is 30.8 Å². The van der Waals surface area contributed by atoms with Crippen LogP contribution in [0.1, 0.15) is 62.9 Å². The van der Waals surface area contributed by atoms with Gasteiger partial charge in [-0.1, -0.05) is 6.92 Å². The van der Waals surface area contributed by atoms with Crippen molar-refractivity contribution in [2.24, 2.45) is 11.8 Å². The van der Waals surface area contributed by atoms with Gasteiger partial charge in [0.25, 0.3) is 0 Å². The molecule has 27 heavy (non-hydrogen) atoms. The first kappa shape index (κ1) is 18.3. The van der Waals surface area contributed by atoms with Gasteiger partial charge in [0.05, 0.1) is 0 Å². The van der Waals surface area contributed by atoms with E-state index in [1.165, 1.54) is 12.8 Å². The molecule has 2 atom stereocenters. The normalized spacial score (nSPS) is 26.6. The van der Waals surface area contributed by atoms with Crippen molar-refractivity contribution in [2.45, 2.75) is 51.4 Å². The molecule has 4 rings (SSSR count). The second-order valence-corrected chi connectivity index (χ2v) is 8.38. The Balaban J connectivity index is 1.25. The lowest BCUT2D eigenvalue weighted by molar-refractivity contribution is -0.140. The van der Waals surface area contributed by atoms with Crippen LogP contribution in [0.15, 0.2) is 22.6 Å². The van der Waals surface area contributed by atoms with Gasteiger partial charge in [0.2, 0.25) is 11.8 Å². The van der Waals surface area contributed by atoms with Crippen molar-refractivity contribution >= 4 is 17.9 Å². The molecular formula is C22H30N2O3. The third-order valence-corrected chi connectivity index (χ3v) is 6.34. The van der Waals surface area contributed by atoms with Gasteiger partial charge in [-0.25, -0.2) is 0 Å². The van der Waals surface area contributed by atoms with Gasteiger partial charge in [0.1, 0.15) is 11.5 Å². The molecule has 2 aliphatic heterocycles. The molecule has 1 aliphatic carbocycles. The zero-order valence-electron chi connectivity index (χ0n) is 16.2. The number of hydrogen-bond acceptors (Lipinski definition) is 3. The highest BCUT2D eigenvalue weighted by Crippen LogP contribution is 2.47. The van der Waals surface area contributed by atoms with Crippen molar-refractivity contribution in [2.75, 3.05) is 26.2 Å². The molecule has 1 aromatic heterocycles. The molecule has 2 amide bonds.